The molecule has 0 aromatic heterocycles. The fourth-order valence-corrected chi connectivity index (χ4v) is 6.33. The number of aliphatic hydroxyl groups excluding tert-OH is 1. The van der Waals surface area contributed by atoms with Crippen molar-refractivity contribution in [1.29, 1.82) is 0 Å². The van der Waals surface area contributed by atoms with Crippen molar-refractivity contribution in [1.82, 2.24) is 5.32 Å². The molecule has 1 saturated heterocycles. The van der Waals surface area contributed by atoms with Crippen LogP contribution in [0.25, 0.3) is 0 Å². The number of carbonyl (C=O) groups excluding carboxylic acids is 1. The number of unbranched alkanes of at least 4 members (excludes halogenated alkanes) is 12. The maximum Gasteiger partial charge on any atom is 0.472 e. The van der Waals surface area contributed by atoms with Crippen LogP contribution in [0.3, 0.4) is 0 Å². The Morgan fingerprint density at radius 1 is 0.784 bits per heavy atom. The van der Waals surface area contributed by atoms with Crippen LogP contribution in [-0.2, 0) is 23.1 Å². The van der Waals surface area contributed by atoms with Crippen LogP contribution in [0.5, 0.6) is 0 Å². The molecule has 0 radical (unpaired) electrons. The number of aliphatic hydroxyl groups is 1. The average molecular weight is 740 g/mol. The van der Waals surface area contributed by atoms with Crippen LogP contribution in [0.2, 0.25) is 0 Å². The summed E-state index contributed by atoms with van der Waals surface area (Å²) in [6.45, 7) is 4.69. The first-order valence-electron chi connectivity index (χ1n) is 20.1. The second-order valence-electron chi connectivity index (χ2n) is 15.0. The third-order valence-corrected chi connectivity index (χ3v) is 9.95. The normalized spacial score (nSPS) is 19.0. The van der Waals surface area contributed by atoms with Gasteiger partial charge in [0.1, 0.15) is 13.2 Å². The van der Waals surface area contributed by atoms with E-state index < -0.39 is 20.0 Å². The molecule has 0 aliphatic carbocycles. The second-order valence-corrected chi connectivity index (χ2v) is 16.5. The monoisotopic (exact) mass is 740 g/mol. The van der Waals surface area contributed by atoms with Crippen LogP contribution < -0.4 is 5.32 Å². The van der Waals surface area contributed by atoms with Crippen molar-refractivity contribution in [3.8, 4) is 0 Å². The van der Waals surface area contributed by atoms with Gasteiger partial charge in [-0.05, 0) is 51.4 Å². The predicted molar refractivity (Wildman–Crippen MR) is 211 cm³/mol. The first-order chi connectivity index (χ1) is 24.5. The molecule has 296 valence electrons. The van der Waals surface area contributed by atoms with Crippen LogP contribution in [0.4, 0.5) is 0 Å². The van der Waals surface area contributed by atoms with Gasteiger partial charge in [0.2, 0.25) is 5.91 Å². The van der Waals surface area contributed by atoms with Crippen molar-refractivity contribution in [2.24, 2.45) is 0 Å². The number of ether oxygens (including phenoxy) is 1. The van der Waals surface area contributed by atoms with E-state index in [1.807, 2.05) is 27.2 Å². The summed E-state index contributed by atoms with van der Waals surface area (Å²) in [5.41, 5.74) is 0. The lowest BCUT2D eigenvalue weighted by atomic mass is 10.1. The van der Waals surface area contributed by atoms with E-state index in [0.29, 0.717) is 29.7 Å². The van der Waals surface area contributed by atoms with Crippen molar-refractivity contribution in [3.63, 3.8) is 0 Å². The van der Waals surface area contributed by atoms with E-state index in [1.54, 1.807) is 6.08 Å². The van der Waals surface area contributed by atoms with Gasteiger partial charge in [0, 0.05) is 6.42 Å². The van der Waals surface area contributed by atoms with Gasteiger partial charge in [-0.2, -0.15) is 0 Å². The molecule has 1 heterocycles. The van der Waals surface area contributed by atoms with Gasteiger partial charge in [0.25, 0.3) is 0 Å². The smallest absolute Gasteiger partial charge is 0.387 e. The predicted octanol–water partition coefficient (Wildman–Crippen LogP) is 9.51. The highest BCUT2D eigenvalue weighted by molar-refractivity contribution is 7.47. The molecule has 1 rings (SSSR count). The summed E-state index contributed by atoms with van der Waals surface area (Å²) in [6.07, 6.45) is 37.9. The van der Waals surface area contributed by atoms with Gasteiger partial charge in [0.15, 0.2) is 0 Å². The number of rotatable bonds is 34. The Hall–Kier alpha value is -1.58. The number of allylic oxidation sites excluding steroid dienone is 6. The zero-order chi connectivity index (χ0) is 37.6. The van der Waals surface area contributed by atoms with Crippen LogP contribution in [0.1, 0.15) is 142 Å². The first-order valence-corrected chi connectivity index (χ1v) is 21.6. The van der Waals surface area contributed by atoms with Crippen molar-refractivity contribution in [2.75, 3.05) is 40.9 Å². The van der Waals surface area contributed by atoms with Gasteiger partial charge in [0.05, 0.1) is 52.1 Å². The largest absolute Gasteiger partial charge is 0.472 e. The number of hydrogen-bond donors (Lipinski definition) is 3. The Labute approximate surface area is 312 Å². The standard InChI is InChI=1S/C41H75N2O7P/c1-6-8-10-11-12-13-14-17-20-23-27-30-38(44)37(36-49-51(46,47)48-35-34-43(3,4)5)42-41(45)33-29-25-22-19-16-15-18-21-24-28-32-40-39(50-40)31-26-9-7-2/h15,18-19,22,24,27-28,30,37-40,44H,6-14,16-17,20-21,23,25-26,29,31-36H2,1-5H3,(H-,42,45,46,47)/p+1/b18-15-,22-19-,28-24-,30-27+/t37-,38+,39?,40?/m0/s1. The molecule has 3 N–H and O–H groups in total. The highest BCUT2D eigenvalue weighted by atomic mass is 31.2. The summed E-state index contributed by atoms with van der Waals surface area (Å²) in [5, 5.41) is 13.7. The molecule has 9 nitrogen and oxygen atoms in total. The Kier molecular flexibility index (Phi) is 27.7. The molecule has 0 bridgehead atoms. The summed E-state index contributed by atoms with van der Waals surface area (Å²) in [5.74, 6) is -0.238. The number of nitrogens with zero attached hydrogens (tertiary/aromatic N) is 1. The highest BCUT2D eigenvalue weighted by Crippen LogP contribution is 2.43. The molecule has 0 aromatic carbocycles. The van der Waals surface area contributed by atoms with Crippen molar-refractivity contribution in [3.05, 3.63) is 48.6 Å². The molecule has 1 amide bonds. The minimum Gasteiger partial charge on any atom is -0.387 e. The van der Waals surface area contributed by atoms with E-state index >= 15 is 0 Å². The summed E-state index contributed by atoms with van der Waals surface area (Å²) < 4.78 is 29.2. The summed E-state index contributed by atoms with van der Waals surface area (Å²) in [6, 6.07) is -0.877. The number of likely N-dealkylation sites (N-methyl/N-ethyl adjacent to an activating group) is 1. The van der Waals surface area contributed by atoms with E-state index in [2.05, 4.69) is 55.6 Å². The Balaban J connectivity index is 2.40. The Bertz CT molecular complexity index is 1040. The lowest BCUT2D eigenvalue weighted by molar-refractivity contribution is -0.870. The first kappa shape index (κ1) is 47.4. The molecule has 0 spiro atoms. The number of phosphoric acid groups is 1. The van der Waals surface area contributed by atoms with Gasteiger partial charge in [-0.1, -0.05) is 133 Å². The fourth-order valence-electron chi connectivity index (χ4n) is 5.60. The summed E-state index contributed by atoms with van der Waals surface area (Å²) >= 11 is 0. The molecular formula is C41H76N2O7P+. The minimum atomic E-state index is -4.35. The fraction of sp³-hybridized carbons (Fsp3) is 0.780. The van der Waals surface area contributed by atoms with Gasteiger partial charge in [-0.15, -0.1) is 0 Å². The van der Waals surface area contributed by atoms with Gasteiger partial charge in [-0.3, -0.25) is 13.8 Å². The Morgan fingerprint density at radius 3 is 2.04 bits per heavy atom. The van der Waals surface area contributed by atoms with E-state index in [-0.39, 0.29) is 25.5 Å². The lowest BCUT2D eigenvalue weighted by Crippen LogP contribution is -2.45. The van der Waals surface area contributed by atoms with Crippen molar-refractivity contribution >= 4 is 13.7 Å². The van der Waals surface area contributed by atoms with E-state index in [1.165, 1.54) is 70.6 Å². The number of amides is 1. The quantitative estimate of drug-likeness (QED) is 0.0198. The third kappa shape index (κ3) is 29.6. The van der Waals surface area contributed by atoms with Crippen LogP contribution >= 0.6 is 7.82 Å². The summed E-state index contributed by atoms with van der Waals surface area (Å²) in [4.78, 5) is 23.0. The van der Waals surface area contributed by atoms with Crippen LogP contribution in [0, 0.1) is 0 Å². The molecule has 3 unspecified atom stereocenters. The maximum absolute atomic E-state index is 12.8. The molecule has 51 heavy (non-hydrogen) atoms. The number of quaternary nitrogens is 1. The number of epoxide rings is 1. The molecule has 1 aliphatic rings. The van der Waals surface area contributed by atoms with Crippen LogP contribution in [0.15, 0.2) is 48.6 Å². The van der Waals surface area contributed by atoms with Crippen molar-refractivity contribution < 1.29 is 37.6 Å². The highest BCUT2D eigenvalue weighted by Gasteiger charge is 2.36. The molecule has 1 fully saturated rings. The third-order valence-electron chi connectivity index (χ3n) is 8.97. The molecule has 1 aliphatic heterocycles. The molecule has 5 atom stereocenters. The number of phosphoric ester groups is 1. The molecule has 0 saturated carbocycles. The summed E-state index contributed by atoms with van der Waals surface area (Å²) in [7, 11) is 1.52. The number of nitrogens with one attached hydrogen (secondary N) is 1. The van der Waals surface area contributed by atoms with E-state index in [4.69, 9.17) is 13.8 Å². The van der Waals surface area contributed by atoms with Crippen LogP contribution in [-0.4, -0.2) is 85.6 Å². The molecule has 0 aromatic rings. The van der Waals surface area contributed by atoms with Crippen molar-refractivity contribution in [2.45, 2.75) is 167 Å². The second kappa shape index (κ2) is 29.8. The zero-order valence-corrected chi connectivity index (χ0v) is 33.9. The molecular weight excluding hydrogens is 663 g/mol. The van der Waals surface area contributed by atoms with Gasteiger partial charge >= 0.3 is 7.82 Å². The zero-order valence-electron chi connectivity index (χ0n) is 33.0. The SMILES string of the molecule is CCCCCCCCCCC/C=C/[C@@H](O)[C@H](COP(=O)(O)OCC[N+](C)(C)C)NC(=O)CCC/C=C\C/C=C\C/C=C\CC1OC1CCCCC. The number of carbonyl (C=O) groups is 1. The molecule has 10 heteroatoms. The van der Waals surface area contributed by atoms with E-state index in [0.717, 1.165) is 44.9 Å². The Morgan fingerprint density at radius 2 is 1.37 bits per heavy atom. The van der Waals surface area contributed by atoms with Gasteiger partial charge < -0.3 is 24.5 Å². The maximum atomic E-state index is 12.8. The topological polar surface area (TPSA) is 118 Å². The average Bonchev–Trinajstić information content (AvgIpc) is 3.83. The number of hydrogen-bond acceptors (Lipinski definition) is 6. The lowest BCUT2D eigenvalue weighted by Gasteiger charge is -2.25. The van der Waals surface area contributed by atoms with Gasteiger partial charge in [-0.25, -0.2) is 4.57 Å². The minimum absolute atomic E-state index is 0.0473. The van der Waals surface area contributed by atoms with E-state index in [9.17, 15) is 19.4 Å².